The molecule has 0 radical (unpaired) electrons. The Morgan fingerprint density at radius 3 is 2.59 bits per heavy atom. The number of carbonyl (C=O) groups excluding carboxylic acids is 1. The summed E-state index contributed by atoms with van der Waals surface area (Å²) >= 11 is 0. The summed E-state index contributed by atoms with van der Waals surface area (Å²) in [4.78, 5) is 22.2. The van der Waals surface area contributed by atoms with Crippen LogP contribution in [0.4, 0.5) is 20.3 Å². The fraction of sp³-hybridized carbons (Fsp3) is 0.105. The van der Waals surface area contributed by atoms with Crippen molar-refractivity contribution in [2.24, 2.45) is 0 Å². The van der Waals surface area contributed by atoms with E-state index in [2.05, 4.69) is 9.97 Å². The smallest absolute Gasteiger partial charge is 0.267 e. The average molecular weight is 368 g/mol. The first-order valence-corrected chi connectivity index (χ1v) is 8.15. The van der Waals surface area contributed by atoms with Gasteiger partial charge in [0.25, 0.3) is 5.91 Å². The van der Waals surface area contributed by atoms with Gasteiger partial charge in [-0.05, 0) is 29.8 Å². The maximum atomic E-state index is 14.0. The van der Waals surface area contributed by atoms with E-state index < -0.39 is 11.6 Å². The fourth-order valence-electron chi connectivity index (χ4n) is 2.95. The van der Waals surface area contributed by atoms with Crippen molar-refractivity contribution in [2.45, 2.75) is 0 Å². The molecule has 0 unspecified atom stereocenters. The number of amides is 1. The van der Waals surface area contributed by atoms with Gasteiger partial charge in [-0.15, -0.1) is 0 Å². The molecule has 2 aromatic carbocycles. The molecular weight excluding hydrogens is 354 g/mol. The lowest BCUT2D eigenvalue weighted by Crippen LogP contribution is -2.32. The lowest BCUT2D eigenvalue weighted by atomic mass is 10.0. The number of fused-ring (bicyclic) bond motifs is 1. The molecule has 4 rings (SSSR count). The van der Waals surface area contributed by atoms with Crippen LogP contribution in [0.2, 0.25) is 0 Å². The van der Waals surface area contributed by atoms with Gasteiger partial charge in [0.2, 0.25) is 5.88 Å². The number of benzene rings is 2. The first-order valence-electron chi connectivity index (χ1n) is 8.15. The Morgan fingerprint density at radius 1 is 1.07 bits per heavy atom. The number of hydrogen-bond donors (Lipinski definition) is 1. The minimum Gasteiger partial charge on any atom is -0.475 e. The molecular formula is C19H14F2N4O2. The first-order chi connectivity index (χ1) is 13.0. The molecule has 0 aliphatic carbocycles. The van der Waals surface area contributed by atoms with E-state index in [4.69, 9.17) is 10.5 Å². The maximum Gasteiger partial charge on any atom is 0.267 e. The second-order valence-corrected chi connectivity index (χ2v) is 5.92. The second kappa shape index (κ2) is 6.64. The van der Waals surface area contributed by atoms with Gasteiger partial charge in [0.05, 0.1) is 6.54 Å². The van der Waals surface area contributed by atoms with Gasteiger partial charge in [-0.2, -0.15) is 0 Å². The van der Waals surface area contributed by atoms with Crippen LogP contribution in [-0.4, -0.2) is 29.0 Å². The van der Waals surface area contributed by atoms with Crippen LogP contribution in [0, 0.1) is 11.6 Å². The average Bonchev–Trinajstić information content (AvgIpc) is 2.82. The molecule has 0 atom stereocenters. The Balaban J connectivity index is 1.68. The van der Waals surface area contributed by atoms with E-state index in [1.807, 2.05) is 0 Å². The quantitative estimate of drug-likeness (QED) is 0.752. The Morgan fingerprint density at radius 2 is 1.85 bits per heavy atom. The Hall–Kier alpha value is -3.55. The zero-order valence-corrected chi connectivity index (χ0v) is 14.0. The van der Waals surface area contributed by atoms with Gasteiger partial charge in [-0.1, -0.05) is 12.1 Å². The molecule has 136 valence electrons. The number of ether oxygens (including phenoxy) is 1. The van der Waals surface area contributed by atoms with Crippen LogP contribution < -0.4 is 15.4 Å². The third-order valence-corrected chi connectivity index (χ3v) is 4.28. The van der Waals surface area contributed by atoms with Crippen LogP contribution in [0.25, 0.3) is 11.1 Å². The van der Waals surface area contributed by atoms with E-state index in [9.17, 15) is 13.6 Å². The number of halogens is 2. The summed E-state index contributed by atoms with van der Waals surface area (Å²) in [6.07, 6.45) is 1.24. The summed E-state index contributed by atoms with van der Waals surface area (Å²) in [6, 6.07) is 10.1. The number of nitrogens with zero attached hydrogens (tertiary/aromatic N) is 3. The van der Waals surface area contributed by atoms with Gasteiger partial charge in [0.15, 0.2) is 0 Å². The van der Waals surface area contributed by atoms with E-state index in [1.165, 1.54) is 23.4 Å². The summed E-state index contributed by atoms with van der Waals surface area (Å²) in [5.74, 6) is -1.47. The zero-order valence-electron chi connectivity index (χ0n) is 14.0. The molecule has 2 N–H and O–H groups in total. The van der Waals surface area contributed by atoms with E-state index in [0.717, 1.165) is 6.07 Å². The van der Waals surface area contributed by atoms with Gasteiger partial charge in [-0.3, -0.25) is 4.79 Å². The summed E-state index contributed by atoms with van der Waals surface area (Å²) in [6.45, 7) is 0.530. The summed E-state index contributed by atoms with van der Waals surface area (Å²) in [7, 11) is 0. The van der Waals surface area contributed by atoms with Crippen LogP contribution in [-0.2, 0) is 0 Å². The van der Waals surface area contributed by atoms with Crippen LogP contribution >= 0.6 is 0 Å². The fourth-order valence-corrected chi connectivity index (χ4v) is 2.95. The van der Waals surface area contributed by atoms with Crippen molar-refractivity contribution in [2.75, 3.05) is 23.8 Å². The summed E-state index contributed by atoms with van der Waals surface area (Å²) in [5.41, 5.74) is 7.37. The molecule has 27 heavy (non-hydrogen) atoms. The molecule has 0 bridgehead atoms. The molecule has 3 aromatic rings. The normalized spacial score (nSPS) is 13.7. The third-order valence-electron chi connectivity index (χ3n) is 4.28. The van der Waals surface area contributed by atoms with E-state index >= 15 is 0 Å². The highest BCUT2D eigenvalue weighted by molar-refractivity contribution is 6.10. The lowest BCUT2D eigenvalue weighted by Gasteiger charge is -2.20. The predicted molar refractivity (Wildman–Crippen MR) is 95.4 cm³/mol. The van der Waals surface area contributed by atoms with Crippen molar-refractivity contribution in [1.29, 1.82) is 0 Å². The van der Waals surface area contributed by atoms with E-state index in [1.54, 1.807) is 24.3 Å². The molecule has 0 saturated heterocycles. The number of anilines is 2. The number of carbonyl (C=O) groups is 1. The molecule has 0 fully saturated rings. The number of nitrogens with two attached hydrogens (primary N) is 1. The lowest BCUT2D eigenvalue weighted by molar-refractivity contribution is 0.0990. The maximum absolute atomic E-state index is 14.0. The van der Waals surface area contributed by atoms with Gasteiger partial charge < -0.3 is 15.4 Å². The molecule has 6 nitrogen and oxygen atoms in total. The van der Waals surface area contributed by atoms with E-state index in [0.29, 0.717) is 17.8 Å². The van der Waals surface area contributed by atoms with Crippen LogP contribution in [0.5, 0.6) is 5.88 Å². The molecule has 1 amide bonds. The number of rotatable bonds is 2. The largest absolute Gasteiger partial charge is 0.475 e. The molecule has 8 heteroatoms. The van der Waals surface area contributed by atoms with Crippen molar-refractivity contribution >= 4 is 17.4 Å². The summed E-state index contributed by atoms with van der Waals surface area (Å²) < 4.78 is 32.5. The van der Waals surface area contributed by atoms with Crippen molar-refractivity contribution in [1.82, 2.24) is 9.97 Å². The van der Waals surface area contributed by atoms with Gasteiger partial charge >= 0.3 is 0 Å². The van der Waals surface area contributed by atoms with Gasteiger partial charge in [0.1, 0.15) is 35.9 Å². The molecule has 1 aliphatic rings. The van der Waals surface area contributed by atoms with E-state index in [-0.39, 0.29) is 35.3 Å². The highest BCUT2D eigenvalue weighted by Gasteiger charge is 2.28. The van der Waals surface area contributed by atoms with Crippen molar-refractivity contribution in [3.8, 4) is 17.0 Å². The standard InChI is InChI=1S/C19H14F2N4O2/c20-12-3-6-14(15(21)9-12)11-1-4-13(5-2-11)25-7-8-27-18-16(19(25)26)17(22)23-10-24-18/h1-6,9-10H,7-8H2,(H2,22,23,24). The Labute approximate surface area is 153 Å². The highest BCUT2D eigenvalue weighted by atomic mass is 19.1. The third kappa shape index (κ3) is 3.05. The molecule has 0 spiro atoms. The van der Waals surface area contributed by atoms with Crippen LogP contribution in [0.15, 0.2) is 48.8 Å². The van der Waals surface area contributed by atoms with Gasteiger partial charge in [-0.25, -0.2) is 18.7 Å². The topological polar surface area (TPSA) is 81.3 Å². The zero-order chi connectivity index (χ0) is 19.0. The van der Waals surface area contributed by atoms with Crippen molar-refractivity contribution in [3.63, 3.8) is 0 Å². The molecule has 1 aromatic heterocycles. The van der Waals surface area contributed by atoms with Crippen molar-refractivity contribution in [3.05, 3.63) is 66.0 Å². The van der Waals surface area contributed by atoms with Crippen LogP contribution in [0.1, 0.15) is 10.4 Å². The minimum atomic E-state index is -0.652. The Bertz CT molecular complexity index is 1020. The monoisotopic (exact) mass is 368 g/mol. The molecule has 0 saturated carbocycles. The summed E-state index contributed by atoms with van der Waals surface area (Å²) in [5, 5.41) is 0. The number of hydrogen-bond acceptors (Lipinski definition) is 5. The van der Waals surface area contributed by atoms with Gasteiger partial charge in [0, 0.05) is 17.3 Å². The SMILES string of the molecule is Nc1ncnc2c1C(=O)N(c1ccc(-c3ccc(F)cc3F)cc1)CCO2. The minimum absolute atomic E-state index is 0.0434. The second-order valence-electron chi connectivity index (χ2n) is 5.92. The van der Waals surface area contributed by atoms with Crippen molar-refractivity contribution < 1.29 is 18.3 Å². The first kappa shape index (κ1) is 16.9. The number of nitrogen functional groups attached to an aromatic ring is 1. The number of aromatic nitrogens is 2. The molecule has 1 aliphatic heterocycles. The Kier molecular flexibility index (Phi) is 4.15. The molecule has 2 heterocycles. The highest BCUT2D eigenvalue weighted by Crippen LogP contribution is 2.30. The van der Waals surface area contributed by atoms with Crippen LogP contribution in [0.3, 0.4) is 0 Å². The predicted octanol–water partition coefficient (Wildman–Crippen LogP) is 3.04.